The Bertz CT molecular complexity index is 670. The maximum absolute atomic E-state index is 12.1. The number of aromatic nitrogens is 1. The molecule has 1 unspecified atom stereocenters. The predicted octanol–water partition coefficient (Wildman–Crippen LogP) is 1.89. The van der Waals surface area contributed by atoms with Crippen molar-refractivity contribution >= 4 is 28.1 Å². The lowest BCUT2D eigenvalue weighted by Crippen LogP contribution is -2.21. The molecule has 1 aromatic carbocycles. The van der Waals surface area contributed by atoms with Crippen molar-refractivity contribution in [3.8, 4) is 0 Å². The quantitative estimate of drug-likeness (QED) is 0.937. The van der Waals surface area contributed by atoms with Gasteiger partial charge in [0.15, 0.2) is 0 Å². The number of benzene rings is 1. The first kappa shape index (κ1) is 13.8. The Labute approximate surface area is 118 Å². The van der Waals surface area contributed by atoms with E-state index < -0.39 is 10.8 Å². The average Bonchev–Trinajstić information content (AvgIpc) is 2.39. The van der Waals surface area contributed by atoms with Crippen molar-refractivity contribution < 1.29 is 4.21 Å². The number of halogens is 1. The highest BCUT2D eigenvalue weighted by atomic mass is 35.5. The van der Waals surface area contributed by atoms with Crippen molar-refractivity contribution in [1.82, 2.24) is 4.57 Å². The maximum Gasteiger partial charge on any atom is 0.250 e. The van der Waals surface area contributed by atoms with Gasteiger partial charge < -0.3 is 10.3 Å². The maximum atomic E-state index is 12.1. The summed E-state index contributed by atoms with van der Waals surface area (Å²) in [4.78, 5) is 12.2. The molecule has 0 saturated heterocycles. The van der Waals surface area contributed by atoms with Gasteiger partial charge in [-0.05, 0) is 24.3 Å². The van der Waals surface area contributed by atoms with E-state index in [1.54, 1.807) is 36.5 Å². The van der Waals surface area contributed by atoms with Crippen LogP contribution in [-0.4, -0.2) is 14.5 Å². The van der Waals surface area contributed by atoms with Crippen LogP contribution in [-0.2, 0) is 17.3 Å². The van der Waals surface area contributed by atoms with Crippen LogP contribution in [0.3, 0.4) is 0 Å². The zero-order chi connectivity index (χ0) is 13.8. The van der Waals surface area contributed by atoms with Gasteiger partial charge in [-0.3, -0.25) is 9.00 Å². The highest BCUT2D eigenvalue weighted by Gasteiger charge is 2.05. The minimum absolute atomic E-state index is 0.155. The van der Waals surface area contributed by atoms with Gasteiger partial charge in [0, 0.05) is 40.2 Å². The van der Waals surface area contributed by atoms with Crippen molar-refractivity contribution in [2.24, 2.45) is 0 Å². The average molecular weight is 297 g/mol. The first-order valence-corrected chi connectivity index (χ1v) is 7.36. The molecular formula is C13H13ClN2O2S. The lowest BCUT2D eigenvalue weighted by Gasteiger charge is -2.06. The number of nitrogen functional groups attached to an aromatic ring is 1. The number of aryl methyl sites for hydroxylation is 1. The highest BCUT2D eigenvalue weighted by molar-refractivity contribution is 7.85. The summed E-state index contributed by atoms with van der Waals surface area (Å²) < 4.78 is 13.5. The van der Waals surface area contributed by atoms with Crippen LogP contribution < -0.4 is 11.3 Å². The van der Waals surface area contributed by atoms with Crippen molar-refractivity contribution in [2.45, 2.75) is 11.4 Å². The molecule has 2 N–H and O–H groups in total. The van der Waals surface area contributed by atoms with Crippen LogP contribution in [0, 0.1) is 0 Å². The number of hydrogen-bond donors (Lipinski definition) is 1. The molecule has 0 aliphatic rings. The molecule has 1 aromatic heterocycles. The molecule has 6 heteroatoms. The van der Waals surface area contributed by atoms with E-state index in [1.165, 1.54) is 10.6 Å². The van der Waals surface area contributed by atoms with Crippen molar-refractivity contribution in [2.75, 3.05) is 11.5 Å². The molecule has 2 rings (SSSR count). The summed E-state index contributed by atoms with van der Waals surface area (Å²) >= 11 is 5.85. The Kier molecular flexibility index (Phi) is 4.39. The molecule has 1 atom stereocenters. The molecule has 0 saturated carbocycles. The Morgan fingerprint density at radius 3 is 2.79 bits per heavy atom. The number of hydrogen-bond acceptors (Lipinski definition) is 3. The van der Waals surface area contributed by atoms with E-state index >= 15 is 0 Å². The number of pyridine rings is 1. The zero-order valence-electron chi connectivity index (χ0n) is 10.1. The molecular weight excluding hydrogens is 284 g/mol. The van der Waals surface area contributed by atoms with Gasteiger partial charge in [-0.1, -0.05) is 17.7 Å². The van der Waals surface area contributed by atoms with Crippen molar-refractivity contribution in [3.63, 3.8) is 0 Å². The Balaban J connectivity index is 2.08. The van der Waals surface area contributed by atoms with Gasteiger partial charge >= 0.3 is 0 Å². The lowest BCUT2D eigenvalue weighted by molar-refractivity contribution is 0.669. The Morgan fingerprint density at radius 1 is 1.26 bits per heavy atom. The normalized spacial score (nSPS) is 12.3. The van der Waals surface area contributed by atoms with Crippen LogP contribution in [0.1, 0.15) is 0 Å². The molecule has 19 heavy (non-hydrogen) atoms. The van der Waals surface area contributed by atoms with Gasteiger partial charge in [-0.25, -0.2) is 0 Å². The predicted molar refractivity (Wildman–Crippen MR) is 77.8 cm³/mol. The van der Waals surface area contributed by atoms with Gasteiger partial charge in [0.25, 0.3) is 5.56 Å². The smallest absolute Gasteiger partial charge is 0.250 e. The molecule has 0 fully saturated rings. The fraction of sp³-hybridized carbons (Fsp3) is 0.154. The zero-order valence-corrected chi connectivity index (χ0v) is 11.7. The largest absolute Gasteiger partial charge is 0.398 e. The summed E-state index contributed by atoms with van der Waals surface area (Å²) in [6, 6.07) is 9.85. The van der Waals surface area contributed by atoms with Crippen molar-refractivity contribution in [3.05, 3.63) is 58.0 Å². The van der Waals surface area contributed by atoms with E-state index in [1.807, 2.05) is 0 Å². The standard InChI is InChI=1S/C13H13ClN2O2S/c14-10-2-1-3-12(8-10)19(18)7-6-16-9-11(15)4-5-13(16)17/h1-5,8-9H,6-7,15H2. The first-order chi connectivity index (χ1) is 9.06. The monoisotopic (exact) mass is 296 g/mol. The third kappa shape index (κ3) is 3.68. The summed E-state index contributed by atoms with van der Waals surface area (Å²) in [7, 11) is -1.19. The Morgan fingerprint density at radius 2 is 2.05 bits per heavy atom. The second-order valence-corrected chi connectivity index (χ2v) is 6.01. The van der Waals surface area contributed by atoms with Gasteiger partial charge in [-0.15, -0.1) is 0 Å². The summed E-state index contributed by atoms with van der Waals surface area (Å²) in [5.74, 6) is 0.337. The number of nitrogens with two attached hydrogens (primary N) is 1. The number of anilines is 1. The van der Waals surface area contributed by atoms with Crippen LogP contribution in [0.5, 0.6) is 0 Å². The van der Waals surface area contributed by atoms with E-state index in [2.05, 4.69) is 0 Å². The van der Waals surface area contributed by atoms with Gasteiger partial charge in [0.1, 0.15) is 0 Å². The molecule has 4 nitrogen and oxygen atoms in total. The van der Waals surface area contributed by atoms with E-state index in [0.717, 1.165) is 0 Å². The summed E-state index contributed by atoms with van der Waals surface area (Å²) in [5.41, 5.74) is 5.96. The lowest BCUT2D eigenvalue weighted by atomic mass is 10.4. The van der Waals surface area contributed by atoms with Gasteiger partial charge in [0.05, 0.1) is 10.8 Å². The molecule has 0 aliphatic carbocycles. The topological polar surface area (TPSA) is 65.1 Å². The van der Waals surface area contributed by atoms with Crippen LogP contribution in [0.15, 0.2) is 52.3 Å². The van der Waals surface area contributed by atoms with E-state index in [4.69, 9.17) is 17.3 Å². The second kappa shape index (κ2) is 6.04. The highest BCUT2D eigenvalue weighted by Crippen LogP contribution is 2.14. The molecule has 0 amide bonds. The SMILES string of the molecule is Nc1ccc(=O)n(CCS(=O)c2cccc(Cl)c2)c1. The third-order valence-electron chi connectivity index (χ3n) is 2.58. The summed E-state index contributed by atoms with van der Waals surface area (Å²) in [6.45, 7) is 0.350. The third-order valence-corrected chi connectivity index (χ3v) is 4.15. The number of rotatable bonds is 4. The molecule has 100 valence electrons. The minimum atomic E-state index is -1.19. The Hall–Kier alpha value is -1.59. The van der Waals surface area contributed by atoms with E-state index in [0.29, 0.717) is 27.9 Å². The molecule has 1 heterocycles. The van der Waals surface area contributed by atoms with Crippen LogP contribution in [0.2, 0.25) is 5.02 Å². The second-order valence-electron chi connectivity index (χ2n) is 4.00. The number of nitrogens with zero attached hydrogens (tertiary/aromatic N) is 1. The van der Waals surface area contributed by atoms with E-state index in [-0.39, 0.29) is 5.56 Å². The summed E-state index contributed by atoms with van der Waals surface area (Å²) in [5, 5.41) is 0.548. The minimum Gasteiger partial charge on any atom is -0.398 e. The van der Waals surface area contributed by atoms with E-state index in [9.17, 15) is 9.00 Å². The molecule has 0 radical (unpaired) electrons. The van der Waals surface area contributed by atoms with Crippen molar-refractivity contribution in [1.29, 1.82) is 0 Å². The van der Waals surface area contributed by atoms with Crippen LogP contribution in [0.25, 0.3) is 0 Å². The molecule has 0 bridgehead atoms. The summed E-state index contributed by atoms with van der Waals surface area (Å²) in [6.07, 6.45) is 1.55. The first-order valence-electron chi connectivity index (χ1n) is 5.66. The molecule has 0 spiro atoms. The van der Waals surface area contributed by atoms with Gasteiger partial charge in [-0.2, -0.15) is 0 Å². The van der Waals surface area contributed by atoms with Crippen LogP contribution in [0.4, 0.5) is 5.69 Å². The fourth-order valence-electron chi connectivity index (χ4n) is 1.63. The molecule has 0 aliphatic heterocycles. The van der Waals surface area contributed by atoms with Crippen LogP contribution >= 0.6 is 11.6 Å². The van der Waals surface area contributed by atoms with Gasteiger partial charge in [0.2, 0.25) is 0 Å². The molecule has 2 aromatic rings. The fourth-order valence-corrected chi connectivity index (χ4v) is 2.97.